The Labute approximate surface area is 194 Å². The van der Waals surface area contributed by atoms with Crippen LogP contribution in [0.4, 0.5) is 24.5 Å². The number of anilines is 2. The summed E-state index contributed by atoms with van der Waals surface area (Å²) >= 11 is 0. The number of alkyl halides is 3. The molecule has 0 aliphatic heterocycles. The maximum Gasteiger partial charge on any atom is 0.416 e. The molecule has 10 heteroatoms. The molecule has 0 radical (unpaired) electrons. The molecule has 6 nitrogen and oxygen atoms in total. The van der Waals surface area contributed by atoms with Crippen molar-refractivity contribution in [2.75, 3.05) is 16.4 Å². The van der Waals surface area contributed by atoms with Crippen LogP contribution in [0.25, 0.3) is 0 Å². The zero-order valence-electron chi connectivity index (χ0n) is 18.0. The van der Waals surface area contributed by atoms with Crippen molar-refractivity contribution < 1.29 is 31.2 Å². The maximum atomic E-state index is 12.9. The highest BCUT2D eigenvalue weighted by molar-refractivity contribution is 7.91. The SMILES string of the molecule is CCS(=O)(=O)c1ccc(CC(=O)Nc2ccccc2C(=O)Nc2cccc(C(F)(F)F)c2)cc1. The van der Waals surface area contributed by atoms with Crippen LogP contribution < -0.4 is 10.6 Å². The highest BCUT2D eigenvalue weighted by atomic mass is 32.2. The van der Waals surface area contributed by atoms with Crippen molar-refractivity contribution in [1.82, 2.24) is 0 Å². The largest absolute Gasteiger partial charge is 0.416 e. The average Bonchev–Trinajstić information content (AvgIpc) is 2.79. The molecule has 0 bridgehead atoms. The summed E-state index contributed by atoms with van der Waals surface area (Å²) in [4.78, 5) is 25.4. The second-order valence-electron chi connectivity index (χ2n) is 7.35. The number of halogens is 3. The lowest BCUT2D eigenvalue weighted by Gasteiger charge is -2.13. The number of amides is 2. The molecule has 0 aliphatic carbocycles. The van der Waals surface area contributed by atoms with E-state index in [9.17, 15) is 31.2 Å². The van der Waals surface area contributed by atoms with Gasteiger partial charge in [-0.1, -0.05) is 37.3 Å². The van der Waals surface area contributed by atoms with Crippen LogP contribution in [-0.4, -0.2) is 26.0 Å². The Bertz CT molecular complexity index is 1300. The number of carbonyl (C=O) groups is 2. The number of nitrogens with one attached hydrogen (secondary N) is 2. The second kappa shape index (κ2) is 10.1. The fraction of sp³-hybridized carbons (Fsp3) is 0.167. The molecule has 0 atom stereocenters. The van der Waals surface area contributed by atoms with Crippen LogP contribution in [0.5, 0.6) is 0 Å². The first kappa shape index (κ1) is 25.0. The zero-order chi connectivity index (χ0) is 24.9. The Hall–Kier alpha value is -3.66. The van der Waals surface area contributed by atoms with Gasteiger partial charge in [0, 0.05) is 5.69 Å². The van der Waals surface area contributed by atoms with Gasteiger partial charge in [0.25, 0.3) is 5.91 Å². The summed E-state index contributed by atoms with van der Waals surface area (Å²) in [5.74, 6) is -1.18. The topological polar surface area (TPSA) is 92.3 Å². The summed E-state index contributed by atoms with van der Waals surface area (Å²) < 4.78 is 62.6. The van der Waals surface area contributed by atoms with E-state index in [2.05, 4.69) is 10.6 Å². The van der Waals surface area contributed by atoms with Gasteiger partial charge in [-0.3, -0.25) is 9.59 Å². The van der Waals surface area contributed by atoms with Gasteiger partial charge in [0.15, 0.2) is 9.84 Å². The molecule has 0 heterocycles. The fourth-order valence-corrected chi connectivity index (χ4v) is 4.01. The number of hydrogen-bond donors (Lipinski definition) is 2. The normalized spacial score (nSPS) is 11.6. The van der Waals surface area contributed by atoms with Crippen LogP contribution in [-0.2, 0) is 27.2 Å². The van der Waals surface area contributed by atoms with Crippen LogP contribution in [0.1, 0.15) is 28.4 Å². The first-order chi connectivity index (χ1) is 16.0. The minimum atomic E-state index is -4.55. The van der Waals surface area contributed by atoms with Gasteiger partial charge in [-0.15, -0.1) is 0 Å². The standard InChI is InChI=1S/C24H21F3N2O4S/c1-2-34(32,33)19-12-10-16(11-13-19)14-22(30)29-21-9-4-3-8-20(21)23(31)28-18-7-5-6-17(15-18)24(25,26)27/h3-13,15H,2,14H2,1H3,(H,28,31)(H,29,30). The molecular weight excluding hydrogens is 469 g/mol. The molecule has 178 valence electrons. The highest BCUT2D eigenvalue weighted by Gasteiger charge is 2.30. The van der Waals surface area contributed by atoms with Crippen molar-refractivity contribution >= 4 is 33.0 Å². The summed E-state index contributed by atoms with van der Waals surface area (Å²) in [5.41, 5.74) is -0.119. The molecule has 3 rings (SSSR count). The van der Waals surface area contributed by atoms with Gasteiger partial charge < -0.3 is 10.6 Å². The van der Waals surface area contributed by atoms with Gasteiger partial charge in [0.05, 0.1) is 33.9 Å². The molecule has 34 heavy (non-hydrogen) atoms. The first-order valence-corrected chi connectivity index (χ1v) is 11.8. The number of sulfone groups is 1. The van der Waals surface area contributed by atoms with E-state index in [1.807, 2.05) is 0 Å². The van der Waals surface area contributed by atoms with Crippen LogP contribution in [0.2, 0.25) is 0 Å². The predicted molar refractivity (Wildman–Crippen MR) is 122 cm³/mol. The summed E-state index contributed by atoms with van der Waals surface area (Å²) in [6, 6.07) is 16.2. The molecule has 0 saturated heterocycles. The highest BCUT2D eigenvalue weighted by Crippen LogP contribution is 2.31. The fourth-order valence-electron chi connectivity index (χ4n) is 3.12. The number of hydrogen-bond acceptors (Lipinski definition) is 4. The minimum Gasteiger partial charge on any atom is -0.325 e. The van der Waals surface area contributed by atoms with E-state index in [0.717, 1.165) is 12.1 Å². The number of rotatable bonds is 7. The molecule has 2 N–H and O–H groups in total. The lowest BCUT2D eigenvalue weighted by Crippen LogP contribution is -2.19. The average molecular weight is 491 g/mol. The van der Waals surface area contributed by atoms with Crippen molar-refractivity contribution in [1.29, 1.82) is 0 Å². The number of para-hydroxylation sites is 1. The predicted octanol–water partition coefficient (Wildman–Crippen LogP) is 4.93. The minimum absolute atomic E-state index is 0.0355. The van der Waals surface area contributed by atoms with Crippen LogP contribution in [0, 0.1) is 0 Å². The van der Waals surface area contributed by atoms with Gasteiger partial charge in [-0.25, -0.2) is 8.42 Å². The van der Waals surface area contributed by atoms with E-state index in [-0.39, 0.29) is 34.0 Å². The summed E-state index contributed by atoms with van der Waals surface area (Å²) in [6.45, 7) is 1.54. The third-order valence-electron chi connectivity index (χ3n) is 4.92. The summed E-state index contributed by atoms with van der Waals surface area (Å²) in [7, 11) is -3.35. The first-order valence-electron chi connectivity index (χ1n) is 10.2. The molecule has 0 aromatic heterocycles. The Balaban J connectivity index is 1.72. The van der Waals surface area contributed by atoms with Crippen molar-refractivity contribution in [2.45, 2.75) is 24.4 Å². The van der Waals surface area contributed by atoms with Gasteiger partial charge in [-0.05, 0) is 48.0 Å². The molecule has 0 fully saturated rings. The second-order valence-corrected chi connectivity index (χ2v) is 9.63. The van der Waals surface area contributed by atoms with Crippen molar-refractivity contribution in [2.24, 2.45) is 0 Å². The molecule has 0 spiro atoms. The molecule has 2 amide bonds. The van der Waals surface area contributed by atoms with Crippen LogP contribution >= 0.6 is 0 Å². The van der Waals surface area contributed by atoms with Crippen molar-refractivity contribution in [3.05, 3.63) is 89.5 Å². The van der Waals surface area contributed by atoms with E-state index in [0.29, 0.717) is 5.56 Å². The van der Waals surface area contributed by atoms with E-state index in [1.54, 1.807) is 12.1 Å². The number of carbonyl (C=O) groups excluding carboxylic acids is 2. The van der Waals surface area contributed by atoms with Gasteiger partial charge in [0.2, 0.25) is 5.91 Å². The molecule has 0 saturated carbocycles. The monoisotopic (exact) mass is 490 g/mol. The number of benzene rings is 3. The molecule has 3 aromatic rings. The zero-order valence-corrected chi connectivity index (χ0v) is 18.8. The van der Waals surface area contributed by atoms with Gasteiger partial charge in [-0.2, -0.15) is 13.2 Å². The van der Waals surface area contributed by atoms with Gasteiger partial charge >= 0.3 is 6.18 Å². The van der Waals surface area contributed by atoms with Gasteiger partial charge in [0.1, 0.15) is 0 Å². The van der Waals surface area contributed by atoms with E-state index < -0.39 is 33.4 Å². The summed E-state index contributed by atoms with van der Waals surface area (Å²) in [6.07, 6.45) is -4.62. The van der Waals surface area contributed by atoms with Crippen molar-refractivity contribution in [3.63, 3.8) is 0 Å². The molecular formula is C24H21F3N2O4S. The van der Waals surface area contributed by atoms with E-state index >= 15 is 0 Å². The third kappa shape index (κ3) is 6.22. The lowest BCUT2D eigenvalue weighted by molar-refractivity contribution is -0.137. The molecule has 0 unspecified atom stereocenters. The van der Waals surface area contributed by atoms with E-state index in [1.165, 1.54) is 55.5 Å². The lowest BCUT2D eigenvalue weighted by atomic mass is 10.1. The molecule has 3 aromatic carbocycles. The third-order valence-corrected chi connectivity index (χ3v) is 6.67. The Morgan fingerprint density at radius 2 is 1.56 bits per heavy atom. The molecule has 0 aliphatic rings. The smallest absolute Gasteiger partial charge is 0.325 e. The van der Waals surface area contributed by atoms with E-state index in [4.69, 9.17) is 0 Å². The van der Waals surface area contributed by atoms with Crippen molar-refractivity contribution in [3.8, 4) is 0 Å². The van der Waals surface area contributed by atoms with Crippen LogP contribution in [0.15, 0.2) is 77.7 Å². The Kier molecular flexibility index (Phi) is 7.41. The maximum absolute atomic E-state index is 12.9. The Morgan fingerprint density at radius 1 is 0.882 bits per heavy atom. The summed E-state index contributed by atoms with van der Waals surface area (Å²) in [5, 5.41) is 5.03. The van der Waals surface area contributed by atoms with Crippen LogP contribution in [0.3, 0.4) is 0 Å². The Morgan fingerprint density at radius 3 is 2.21 bits per heavy atom. The quantitative estimate of drug-likeness (QED) is 0.491.